The van der Waals surface area contributed by atoms with Crippen LogP contribution >= 0.6 is 0 Å². The highest BCUT2D eigenvalue weighted by Crippen LogP contribution is 2.15. The number of likely N-dealkylation sites (tertiary alicyclic amines) is 1. The lowest BCUT2D eigenvalue weighted by Crippen LogP contribution is -2.30. The van der Waals surface area contributed by atoms with Crippen molar-refractivity contribution in [2.75, 3.05) is 13.1 Å². The fourth-order valence-corrected chi connectivity index (χ4v) is 3.18. The normalized spacial score (nSPS) is 13.4. The molecule has 3 rings (SSSR count). The van der Waals surface area contributed by atoms with Crippen molar-refractivity contribution in [2.24, 2.45) is 0 Å². The summed E-state index contributed by atoms with van der Waals surface area (Å²) < 4.78 is 0. The fourth-order valence-electron chi connectivity index (χ4n) is 3.18. The predicted octanol–water partition coefficient (Wildman–Crippen LogP) is 2.25. The molecular weight excluding hydrogens is 354 g/mol. The third-order valence-electron chi connectivity index (χ3n) is 4.70. The maximum Gasteiger partial charge on any atom is 0.251 e. The summed E-state index contributed by atoms with van der Waals surface area (Å²) in [4.78, 5) is 37.8. The number of benzene rings is 2. The molecule has 0 aromatic heterocycles. The van der Waals surface area contributed by atoms with Crippen LogP contribution in [0.15, 0.2) is 54.6 Å². The molecule has 28 heavy (non-hydrogen) atoms. The van der Waals surface area contributed by atoms with E-state index < -0.39 is 0 Å². The summed E-state index contributed by atoms with van der Waals surface area (Å²) in [5.74, 6) is -0.160. The summed E-state index contributed by atoms with van der Waals surface area (Å²) in [5.41, 5.74) is 2.51. The van der Waals surface area contributed by atoms with Gasteiger partial charge in [0.05, 0.1) is 0 Å². The number of carbonyl (C=O) groups is 3. The standard InChI is InChI=1S/C22H25N3O3/c26-20(24-15-17-6-2-1-3-7-17)11-12-23-22(28)19-9-4-8-18(14-19)16-25-13-5-10-21(25)27/h1-4,6-9,14H,5,10-13,15-16H2,(H,23,28)(H,24,26). The molecule has 0 atom stereocenters. The molecule has 6 heteroatoms. The van der Waals surface area contributed by atoms with E-state index in [1.54, 1.807) is 12.1 Å². The Labute approximate surface area is 164 Å². The molecule has 0 radical (unpaired) electrons. The first-order chi connectivity index (χ1) is 13.6. The fraction of sp³-hybridized carbons (Fsp3) is 0.318. The summed E-state index contributed by atoms with van der Waals surface area (Å²) in [6.45, 7) is 2.05. The van der Waals surface area contributed by atoms with Crippen molar-refractivity contribution in [3.8, 4) is 0 Å². The Morgan fingerprint density at radius 1 is 0.964 bits per heavy atom. The van der Waals surface area contributed by atoms with Crippen LogP contribution in [-0.4, -0.2) is 35.7 Å². The second-order valence-electron chi connectivity index (χ2n) is 6.89. The van der Waals surface area contributed by atoms with E-state index in [1.165, 1.54) is 0 Å². The summed E-state index contributed by atoms with van der Waals surface area (Å²) in [7, 11) is 0. The molecule has 2 aromatic rings. The van der Waals surface area contributed by atoms with Gasteiger partial charge in [-0.05, 0) is 29.7 Å². The molecule has 2 N–H and O–H groups in total. The lowest BCUT2D eigenvalue weighted by atomic mass is 10.1. The molecule has 6 nitrogen and oxygen atoms in total. The largest absolute Gasteiger partial charge is 0.352 e. The molecule has 0 bridgehead atoms. The lowest BCUT2D eigenvalue weighted by molar-refractivity contribution is -0.128. The van der Waals surface area contributed by atoms with E-state index in [2.05, 4.69) is 10.6 Å². The third-order valence-corrected chi connectivity index (χ3v) is 4.70. The molecule has 1 fully saturated rings. The van der Waals surface area contributed by atoms with Crippen LogP contribution in [0.4, 0.5) is 0 Å². The van der Waals surface area contributed by atoms with Crippen LogP contribution in [0.25, 0.3) is 0 Å². The molecule has 1 aliphatic heterocycles. The molecule has 1 saturated heterocycles. The maximum absolute atomic E-state index is 12.3. The van der Waals surface area contributed by atoms with Gasteiger partial charge in [0, 0.05) is 44.6 Å². The highest BCUT2D eigenvalue weighted by molar-refractivity contribution is 5.94. The molecule has 146 valence electrons. The van der Waals surface area contributed by atoms with Crippen LogP contribution in [0.3, 0.4) is 0 Å². The van der Waals surface area contributed by atoms with Gasteiger partial charge in [0.15, 0.2) is 0 Å². The van der Waals surface area contributed by atoms with E-state index in [9.17, 15) is 14.4 Å². The number of hydrogen-bond acceptors (Lipinski definition) is 3. The molecule has 0 saturated carbocycles. The molecule has 1 aliphatic rings. The number of rotatable bonds is 8. The first kappa shape index (κ1) is 19.6. The van der Waals surface area contributed by atoms with Crippen molar-refractivity contribution in [3.05, 3.63) is 71.3 Å². The Morgan fingerprint density at radius 2 is 1.75 bits per heavy atom. The molecule has 3 amide bonds. The molecule has 0 unspecified atom stereocenters. The Morgan fingerprint density at radius 3 is 2.50 bits per heavy atom. The van der Waals surface area contributed by atoms with Crippen LogP contribution in [0.2, 0.25) is 0 Å². The van der Waals surface area contributed by atoms with Gasteiger partial charge in [-0.25, -0.2) is 0 Å². The van der Waals surface area contributed by atoms with E-state index in [-0.39, 0.29) is 30.7 Å². The quantitative estimate of drug-likeness (QED) is 0.738. The Kier molecular flexibility index (Phi) is 6.78. The smallest absolute Gasteiger partial charge is 0.251 e. The van der Waals surface area contributed by atoms with Gasteiger partial charge in [-0.1, -0.05) is 42.5 Å². The topological polar surface area (TPSA) is 78.5 Å². The van der Waals surface area contributed by atoms with E-state index in [0.29, 0.717) is 25.1 Å². The van der Waals surface area contributed by atoms with E-state index in [1.807, 2.05) is 47.4 Å². The Hall–Kier alpha value is -3.15. The maximum atomic E-state index is 12.3. The van der Waals surface area contributed by atoms with Crippen molar-refractivity contribution in [2.45, 2.75) is 32.4 Å². The second-order valence-corrected chi connectivity index (χ2v) is 6.89. The van der Waals surface area contributed by atoms with E-state index in [4.69, 9.17) is 0 Å². The lowest BCUT2D eigenvalue weighted by Gasteiger charge is -2.16. The highest BCUT2D eigenvalue weighted by atomic mass is 16.2. The summed E-state index contributed by atoms with van der Waals surface area (Å²) in [5, 5.41) is 5.62. The van der Waals surface area contributed by atoms with Crippen LogP contribution in [0, 0.1) is 0 Å². The molecule has 1 heterocycles. The highest BCUT2D eigenvalue weighted by Gasteiger charge is 2.20. The van der Waals surface area contributed by atoms with Crippen LogP contribution in [-0.2, 0) is 22.7 Å². The average Bonchev–Trinajstić information content (AvgIpc) is 3.12. The van der Waals surface area contributed by atoms with E-state index >= 15 is 0 Å². The summed E-state index contributed by atoms with van der Waals surface area (Å²) in [6, 6.07) is 17.0. The average molecular weight is 379 g/mol. The second kappa shape index (κ2) is 9.69. The first-order valence-corrected chi connectivity index (χ1v) is 9.57. The van der Waals surface area contributed by atoms with Crippen molar-refractivity contribution in [1.82, 2.24) is 15.5 Å². The third kappa shape index (κ3) is 5.67. The molecule has 0 aliphatic carbocycles. The number of nitrogens with zero attached hydrogens (tertiary/aromatic N) is 1. The van der Waals surface area contributed by atoms with Gasteiger partial charge < -0.3 is 15.5 Å². The van der Waals surface area contributed by atoms with Gasteiger partial charge >= 0.3 is 0 Å². The first-order valence-electron chi connectivity index (χ1n) is 9.57. The van der Waals surface area contributed by atoms with Crippen LogP contribution in [0.5, 0.6) is 0 Å². The minimum absolute atomic E-state index is 0.106. The zero-order chi connectivity index (χ0) is 19.8. The van der Waals surface area contributed by atoms with Gasteiger partial charge in [-0.15, -0.1) is 0 Å². The number of hydrogen-bond donors (Lipinski definition) is 2. The summed E-state index contributed by atoms with van der Waals surface area (Å²) >= 11 is 0. The Bertz CT molecular complexity index is 836. The van der Waals surface area contributed by atoms with Gasteiger partial charge in [0.25, 0.3) is 5.91 Å². The monoisotopic (exact) mass is 379 g/mol. The molecule has 2 aromatic carbocycles. The van der Waals surface area contributed by atoms with Crippen LogP contribution in [0.1, 0.15) is 40.7 Å². The zero-order valence-electron chi connectivity index (χ0n) is 15.8. The molecular formula is C22H25N3O3. The van der Waals surface area contributed by atoms with Crippen molar-refractivity contribution >= 4 is 17.7 Å². The van der Waals surface area contributed by atoms with Gasteiger partial charge in [-0.2, -0.15) is 0 Å². The van der Waals surface area contributed by atoms with Gasteiger partial charge in [0.1, 0.15) is 0 Å². The molecule has 0 spiro atoms. The number of amides is 3. The van der Waals surface area contributed by atoms with Gasteiger partial charge in [0.2, 0.25) is 11.8 Å². The van der Waals surface area contributed by atoms with Crippen molar-refractivity contribution in [3.63, 3.8) is 0 Å². The Balaban J connectivity index is 1.42. The van der Waals surface area contributed by atoms with Crippen molar-refractivity contribution < 1.29 is 14.4 Å². The number of nitrogens with one attached hydrogen (secondary N) is 2. The SMILES string of the molecule is O=C(CCNC(=O)c1cccc(CN2CCCC2=O)c1)NCc1ccccc1. The number of carbonyl (C=O) groups excluding carboxylic acids is 3. The van der Waals surface area contributed by atoms with Crippen molar-refractivity contribution in [1.29, 1.82) is 0 Å². The van der Waals surface area contributed by atoms with Gasteiger partial charge in [-0.3, -0.25) is 14.4 Å². The van der Waals surface area contributed by atoms with Crippen LogP contribution < -0.4 is 10.6 Å². The predicted molar refractivity (Wildman–Crippen MR) is 106 cm³/mol. The minimum Gasteiger partial charge on any atom is -0.352 e. The van der Waals surface area contributed by atoms with E-state index in [0.717, 1.165) is 24.1 Å². The zero-order valence-corrected chi connectivity index (χ0v) is 15.8. The minimum atomic E-state index is -0.217. The summed E-state index contributed by atoms with van der Waals surface area (Å²) in [6.07, 6.45) is 1.72.